The van der Waals surface area contributed by atoms with Crippen LogP contribution in [0.25, 0.3) is 11.1 Å². The van der Waals surface area contributed by atoms with E-state index < -0.39 is 0 Å². The third-order valence-electron chi connectivity index (χ3n) is 4.89. The molecule has 2 N–H and O–H groups in total. The summed E-state index contributed by atoms with van der Waals surface area (Å²) in [5.74, 6) is 0.831. The van der Waals surface area contributed by atoms with Crippen LogP contribution >= 0.6 is 0 Å². The van der Waals surface area contributed by atoms with Gasteiger partial charge in [-0.3, -0.25) is 0 Å². The van der Waals surface area contributed by atoms with E-state index in [1.54, 1.807) is 0 Å². The third kappa shape index (κ3) is 1.94. The fourth-order valence-electron chi connectivity index (χ4n) is 3.91. The maximum absolute atomic E-state index is 5.97. The van der Waals surface area contributed by atoms with Gasteiger partial charge in [-0.25, -0.2) is 0 Å². The number of nitrogens with zero attached hydrogens (tertiary/aromatic N) is 2. The summed E-state index contributed by atoms with van der Waals surface area (Å²) in [7, 11) is 0. The highest BCUT2D eigenvalue weighted by Crippen LogP contribution is 2.38. The van der Waals surface area contributed by atoms with E-state index in [-0.39, 0.29) is 0 Å². The molecule has 1 aliphatic carbocycles. The molecule has 1 aliphatic heterocycles. The second kappa shape index (κ2) is 4.69. The van der Waals surface area contributed by atoms with E-state index in [2.05, 4.69) is 9.88 Å². The van der Waals surface area contributed by atoms with Crippen molar-refractivity contribution < 1.29 is 4.42 Å². The average Bonchev–Trinajstić information content (AvgIpc) is 2.89. The van der Waals surface area contributed by atoms with Crippen molar-refractivity contribution in [2.24, 2.45) is 5.92 Å². The molecule has 0 spiro atoms. The van der Waals surface area contributed by atoms with Crippen molar-refractivity contribution in [3.05, 3.63) is 18.2 Å². The summed E-state index contributed by atoms with van der Waals surface area (Å²) >= 11 is 0. The highest BCUT2D eigenvalue weighted by Gasteiger charge is 2.35. The first kappa shape index (κ1) is 12.1. The average molecular weight is 271 g/mol. The van der Waals surface area contributed by atoms with Crippen LogP contribution in [0.1, 0.15) is 38.5 Å². The number of hydrogen-bond acceptors (Lipinski definition) is 4. The van der Waals surface area contributed by atoms with Gasteiger partial charge in [0.05, 0.1) is 0 Å². The van der Waals surface area contributed by atoms with Crippen LogP contribution in [0.3, 0.4) is 0 Å². The molecule has 4 nitrogen and oxygen atoms in total. The molecule has 1 aromatic heterocycles. The van der Waals surface area contributed by atoms with E-state index in [4.69, 9.17) is 10.2 Å². The maximum atomic E-state index is 5.97. The maximum Gasteiger partial charge on any atom is 0.298 e. The lowest BCUT2D eigenvalue weighted by atomic mass is 9.78. The van der Waals surface area contributed by atoms with Crippen LogP contribution in [0.2, 0.25) is 0 Å². The van der Waals surface area contributed by atoms with Crippen molar-refractivity contribution in [3.63, 3.8) is 0 Å². The molecule has 2 fully saturated rings. The molecule has 106 valence electrons. The second-order valence-corrected chi connectivity index (χ2v) is 6.17. The van der Waals surface area contributed by atoms with Gasteiger partial charge in [-0.15, -0.1) is 0 Å². The number of nitrogen functional groups attached to an aromatic ring is 1. The molecule has 1 saturated carbocycles. The van der Waals surface area contributed by atoms with E-state index in [9.17, 15) is 0 Å². The summed E-state index contributed by atoms with van der Waals surface area (Å²) in [4.78, 5) is 7.08. The zero-order valence-corrected chi connectivity index (χ0v) is 11.7. The van der Waals surface area contributed by atoms with Crippen LogP contribution in [0.5, 0.6) is 0 Å². The molecule has 4 rings (SSSR count). The van der Waals surface area contributed by atoms with Gasteiger partial charge in [0, 0.05) is 24.3 Å². The number of nitrogens with two attached hydrogens (primary N) is 1. The van der Waals surface area contributed by atoms with Crippen molar-refractivity contribution in [3.8, 4) is 0 Å². The van der Waals surface area contributed by atoms with Crippen molar-refractivity contribution in [2.45, 2.75) is 44.6 Å². The Kier molecular flexibility index (Phi) is 2.83. The molecular weight excluding hydrogens is 250 g/mol. The van der Waals surface area contributed by atoms with Crippen LogP contribution < -0.4 is 10.6 Å². The predicted octanol–water partition coefficient (Wildman–Crippen LogP) is 3.57. The number of piperidine rings is 1. The fourth-order valence-corrected chi connectivity index (χ4v) is 3.91. The van der Waals surface area contributed by atoms with E-state index in [0.29, 0.717) is 6.04 Å². The highest BCUT2D eigenvalue weighted by atomic mass is 16.4. The Morgan fingerprint density at radius 1 is 1.15 bits per heavy atom. The summed E-state index contributed by atoms with van der Waals surface area (Å²) in [5, 5.41) is 0. The van der Waals surface area contributed by atoms with Crippen LogP contribution in [-0.4, -0.2) is 17.6 Å². The van der Waals surface area contributed by atoms with Gasteiger partial charge in [-0.05, 0) is 43.7 Å². The third-order valence-corrected chi connectivity index (χ3v) is 4.89. The lowest BCUT2D eigenvalue weighted by Gasteiger charge is -2.43. The van der Waals surface area contributed by atoms with Gasteiger partial charge in [0.15, 0.2) is 5.58 Å². The van der Waals surface area contributed by atoms with Crippen LogP contribution in [-0.2, 0) is 0 Å². The molecule has 0 amide bonds. The predicted molar refractivity (Wildman–Crippen MR) is 80.7 cm³/mol. The number of anilines is 2. The Hall–Kier alpha value is -1.71. The van der Waals surface area contributed by atoms with Gasteiger partial charge in [0.2, 0.25) is 0 Å². The smallest absolute Gasteiger partial charge is 0.298 e. The Balaban J connectivity index is 1.69. The fraction of sp³-hybridized carbons (Fsp3) is 0.562. The van der Waals surface area contributed by atoms with Crippen molar-refractivity contribution in [1.82, 2.24) is 4.98 Å². The lowest BCUT2D eigenvalue weighted by molar-refractivity contribution is 0.235. The monoisotopic (exact) mass is 271 g/mol. The zero-order chi connectivity index (χ0) is 13.5. The molecule has 2 atom stereocenters. The first-order chi connectivity index (χ1) is 9.81. The Morgan fingerprint density at radius 3 is 2.95 bits per heavy atom. The van der Waals surface area contributed by atoms with Crippen LogP contribution in [0.4, 0.5) is 11.7 Å². The first-order valence-electron chi connectivity index (χ1n) is 7.74. The summed E-state index contributed by atoms with van der Waals surface area (Å²) in [6.07, 6.45) is 8.00. The van der Waals surface area contributed by atoms with Crippen molar-refractivity contribution >= 4 is 22.8 Å². The minimum atomic E-state index is 0.628. The normalized spacial score (nSPS) is 26.7. The van der Waals surface area contributed by atoms with E-state index in [1.165, 1.54) is 38.5 Å². The summed E-state index contributed by atoms with van der Waals surface area (Å²) in [5.41, 5.74) is 8.26. The molecule has 0 bridgehead atoms. The van der Waals surface area contributed by atoms with E-state index in [0.717, 1.165) is 35.3 Å². The minimum Gasteiger partial charge on any atom is -0.423 e. The van der Waals surface area contributed by atoms with E-state index >= 15 is 0 Å². The standard InChI is InChI=1S/C16H21N3O/c17-12-7-8-13-15(10-12)20-16(18-13)19-9-3-5-11-4-1-2-6-14(11)19/h7-8,10-11,14H,1-6,9,17H2/t11-,14-/m1/s1. The molecule has 0 unspecified atom stereocenters. The summed E-state index contributed by atoms with van der Waals surface area (Å²) in [6, 6.07) is 7.12. The Morgan fingerprint density at radius 2 is 2.00 bits per heavy atom. The van der Waals surface area contributed by atoms with Gasteiger partial charge in [-0.2, -0.15) is 4.98 Å². The second-order valence-electron chi connectivity index (χ2n) is 6.17. The van der Waals surface area contributed by atoms with Crippen molar-refractivity contribution in [1.29, 1.82) is 0 Å². The quantitative estimate of drug-likeness (QED) is 0.806. The topological polar surface area (TPSA) is 55.3 Å². The van der Waals surface area contributed by atoms with E-state index in [1.807, 2.05) is 18.2 Å². The summed E-state index contributed by atoms with van der Waals surface area (Å²) in [6.45, 7) is 1.07. The molecule has 1 saturated heterocycles. The SMILES string of the molecule is Nc1ccc2nc(N3CCC[C@H]4CCCC[C@H]43)oc2c1. The van der Waals surface area contributed by atoms with Gasteiger partial charge in [-0.1, -0.05) is 12.8 Å². The number of aromatic nitrogens is 1. The number of benzene rings is 1. The molecule has 0 radical (unpaired) electrons. The van der Waals surface area contributed by atoms with Crippen LogP contribution in [0, 0.1) is 5.92 Å². The van der Waals surface area contributed by atoms with Gasteiger partial charge >= 0.3 is 0 Å². The van der Waals surface area contributed by atoms with Crippen LogP contribution in [0.15, 0.2) is 22.6 Å². The largest absolute Gasteiger partial charge is 0.423 e. The highest BCUT2D eigenvalue weighted by molar-refractivity contribution is 5.78. The van der Waals surface area contributed by atoms with Gasteiger partial charge in [0.1, 0.15) is 5.52 Å². The molecule has 2 heterocycles. The lowest BCUT2D eigenvalue weighted by Crippen LogP contribution is -2.47. The Labute approximate surface area is 118 Å². The first-order valence-corrected chi connectivity index (χ1v) is 7.74. The molecular formula is C16H21N3O. The van der Waals surface area contributed by atoms with Gasteiger partial charge in [0.25, 0.3) is 6.01 Å². The number of fused-ring (bicyclic) bond motifs is 2. The minimum absolute atomic E-state index is 0.628. The van der Waals surface area contributed by atoms with Crippen molar-refractivity contribution in [2.75, 3.05) is 17.2 Å². The Bertz CT molecular complexity index is 619. The molecule has 20 heavy (non-hydrogen) atoms. The number of hydrogen-bond donors (Lipinski definition) is 1. The number of rotatable bonds is 1. The zero-order valence-electron chi connectivity index (χ0n) is 11.7. The summed E-state index contributed by atoms with van der Waals surface area (Å²) < 4.78 is 5.97. The molecule has 2 aliphatic rings. The number of oxazole rings is 1. The van der Waals surface area contributed by atoms with Gasteiger partial charge < -0.3 is 15.1 Å². The molecule has 2 aromatic rings. The molecule has 4 heteroatoms. The molecule has 1 aromatic carbocycles.